The Morgan fingerprint density at radius 2 is 0.779 bits per heavy atom. The molecule has 0 spiro atoms. The minimum Gasteiger partial charge on any atom is -0.497 e. The summed E-state index contributed by atoms with van der Waals surface area (Å²) in [5.41, 5.74) is 18.6. The van der Waals surface area contributed by atoms with Crippen molar-refractivity contribution in [1.82, 2.24) is 89.2 Å². The van der Waals surface area contributed by atoms with Crippen molar-refractivity contribution >= 4 is 102 Å². The van der Waals surface area contributed by atoms with E-state index in [0.29, 0.717) is 101 Å². The number of carbonyl (C=O) groups excluding carboxylic acids is 2. The highest BCUT2D eigenvalue weighted by atomic mass is 16.6. The fourth-order valence-corrected chi connectivity index (χ4v) is 16.4. The van der Waals surface area contributed by atoms with E-state index < -0.39 is 11.7 Å². The van der Waals surface area contributed by atoms with Crippen molar-refractivity contribution in [2.45, 2.75) is 99.6 Å². The van der Waals surface area contributed by atoms with Crippen molar-refractivity contribution in [3.8, 4) is 91.0 Å². The van der Waals surface area contributed by atoms with Crippen molar-refractivity contribution in [3.63, 3.8) is 0 Å². The molecule has 0 aliphatic carbocycles. The van der Waals surface area contributed by atoms with Crippen LogP contribution < -0.4 is 62.8 Å². The Balaban J connectivity index is 0.000000172. The van der Waals surface area contributed by atoms with Gasteiger partial charge in [0.15, 0.2) is 0 Å². The second-order valence-electron chi connectivity index (χ2n) is 34.7. The van der Waals surface area contributed by atoms with Gasteiger partial charge in [-0.2, -0.15) is 20.4 Å². The van der Waals surface area contributed by atoms with E-state index >= 15 is 0 Å². The number of likely N-dealkylation sites (tertiary alicyclic amines) is 1. The highest BCUT2D eigenvalue weighted by Gasteiger charge is 2.31. The average Bonchev–Trinajstić information content (AvgIpc) is 1.70. The molecule has 2 fully saturated rings. The second kappa shape index (κ2) is 50.2. The number of likely N-dealkylation sites (N-methyl/N-ethyl adjacent to an activating group) is 1. The molecule has 0 bridgehead atoms. The molecule has 2 aliphatic rings. The number of methoxy groups -OCH3 is 8. The van der Waals surface area contributed by atoms with E-state index in [1.54, 1.807) is 146 Å². The molecule has 2 amide bonds. The van der Waals surface area contributed by atoms with Crippen molar-refractivity contribution < 1.29 is 77.4 Å². The normalized spacial score (nSPS) is 13.0. The van der Waals surface area contributed by atoms with E-state index in [4.69, 9.17) is 67.3 Å². The first-order chi connectivity index (χ1) is 68.8. The Morgan fingerprint density at radius 3 is 1.12 bits per heavy atom. The summed E-state index contributed by atoms with van der Waals surface area (Å²) in [6.07, 6.45) is 25.2. The number of aryl methyl sites for hydroxylation is 2. The summed E-state index contributed by atoms with van der Waals surface area (Å²) in [4.78, 5) is 71.8. The first-order valence-corrected chi connectivity index (χ1v) is 46.3. The second-order valence-corrected chi connectivity index (χ2v) is 34.7. The number of aromatic nitrogens is 16. The molecule has 18 rings (SSSR count). The molecule has 5 N–H and O–H groups in total. The van der Waals surface area contributed by atoms with Crippen LogP contribution in [0.3, 0.4) is 0 Å². The summed E-state index contributed by atoms with van der Waals surface area (Å²) in [7, 11) is 18.2. The molecule has 0 radical (unpaired) electrons. The fraction of sp³-hybridized carbons (Fsp3) is 0.346. The van der Waals surface area contributed by atoms with Gasteiger partial charge in [0.05, 0.1) is 206 Å². The minimum absolute atomic E-state index is 0. The smallest absolute Gasteiger partial charge is 0.410 e. The predicted molar refractivity (Wildman–Crippen MR) is 562 cm³/mol. The number of carbonyl (C=O) groups is 2. The van der Waals surface area contributed by atoms with Crippen LogP contribution in [0.15, 0.2) is 220 Å². The number of rotatable bonds is 32. The van der Waals surface area contributed by atoms with E-state index in [-0.39, 0.29) is 73.4 Å². The number of aliphatic hydroxyl groups is 4. The van der Waals surface area contributed by atoms with Gasteiger partial charge in [-0.3, -0.25) is 38.8 Å². The topological polar surface area (TPSA) is 410 Å². The van der Waals surface area contributed by atoms with E-state index in [9.17, 15) is 30.0 Å². The number of nitrogens with one attached hydrogen (secondary N) is 1. The maximum absolute atomic E-state index is 12.6. The van der Waals surface area contributed by atoms with Crippen molar-refractivity contribution in [2.75, 3.05) is 149 Å². The van der Waals surface area contributed by atoms with Crippen molar-refractivity contribution in [3.05, 3.63) is 220 Å². The van der Waals surface area contributed by atoms with Gasteiger partial charge in [-0.1, -0.05) is 22.3 Å². The summed E-state index contributed by atoms with van der Waals surface area (Å²) in [5.74, 6) is 5.50. The molecular weight excluding hydrogens is 1850 g/mol. The van der Waals surface area contributed by atoms with Crippen LogP contribution in [0, 0.1) is 5.92 Å². The van der Waals surface area contributed by atoms with Crippen LogP contribution in [0.1, 0.15) is 81.4 Å². The lowest BCUT2D eigenvalue weighted by atomic mass is 9.95. The number of nitrogens with zero attached hydrogens (tertiary/aromatic N) is 21. The molecule has 8 aromatic carbocycles. The molecule has 145 heavy (non-hydrogen) atoms. The molecule has 2 aliphatic heterocycles. The van der Waals surface area contributed by atoms with Gasteiger partial charge in [0.25, 0.3) is 0 Å². The van der Waals surface area contributed by atoms with E-state index in [0.717, 1.165) is 157 Å². The number of hydrogen-bond acceptors (Lipinski definition) is 32. The molecule has 16 aromatic rings. The number of fused-ring (bicyclic) bond motifs is 4. The molecule has 2 unspecified atom stereocenters. The van der Waals surface area contributed by atoms with Crippen LogP contribution in [0.2, 0.25) is 0 Å². The van der Waals surface area contributed by atoms with Crippen molar-refractivity contribution in [2.24, 2.45) is 20.0 Å². The zero-order valence-corrected chi connectivity index (χ0v) is 81.9. The van der Waals surface area contributed by atoms with Gasteiger partial charge >= 0.3 is 6.09 Å². The van der Waals surface area contributed by atoms with Crippen LogP contribution >= 0.6 is 0 Å². The molecule has 2 saturated heterocycles. The maximum Gasteiger partial charge on any atom is 0.410 e. The van der Waals surface area contributed by atoms with Crippen LogP contribution in [0.25, 0.3) is 89.2 Å². The zero-order chi connectivity index (χ0) is 100. The van der Waals surface area contributed by atoms with Gasteiger partial charge < -0.3 is 97.6 Å². The predicted octanol–water partition coefficient (Wildman–Crippen LogP) is 17.0. The third-order valence-corrected chi connectivity index (χ3v) is 23.8. The largest absolute Gasteiger partial charge is 0.497 e. The molecule has 10 heterocycles. The Morgan fingerprint density at radius 1 is 0.428 bits per heavy atom. The number of hydrogen-bond donors (Lipinski definition) is 5. The lowest BCUT2D eigenvalue weighted by Gasteiger charge is -2.36. The zero-order valence-electron chi connectivity index (χ0n) is 81.9. The standard InChI is InChI=1S/C31H38N6O4.C26H29N5O4.C24H26N6O4.C23H25N5O4.3CH4/c1-31(2,3)41-30(38)36-11-9-21(10-12-36)19-37(24-13-25(39-5)16-26(14-24)40-6)23-7-8-27-28(15-23)34-29(18-32-27)22-17-33-35(4)20-22;1-33-21-11-20(12-22(14-21)34-2)30(8-9-32)19-6-7-23-24(13-19)29-25(16-27-23)18-15-28-31(17-18)26-5-3-4-10-35-26;1-25-24(32)15-29-14-16(12-27-29)23-13-26-21-5-4-17(10-22(21)28-23)30(6-7-31)18-8-19(33-2)11-20(9-18)34-3;1-27-12-15(10-25-27)23-11-24-21-5-4-16(8-22(21)26-23)28(13-18(30)14-29)17-6-19(31-2)9-20(7-17)32-3;;;/h7-8,13-18,20-21H,9-12,19H2,1-6H3;6-7,11-17,26,32H,3-5,8-10H2,1-2H3;4-5,8-14,31H,6-7,15H2,1-3H3,(H,25,32);4-12,18,29-30H,13-14H2,1-3H3;3*1H4. The van der Waals surface area contributed by atoms with Gasteiger partial charge in [-0.15, -0.1) is 0 Å². The van der Waals surface area contributed by atoms with E-state index in [1.165, 1.54) is 0 Å². The quantitative estimate of drug-likeness (QED) is 0.0261. The van der Waals surface area contributed by atoms with Crippen LogP contribution in [-0.4, -0.2) is 258 Å². The molecule has 764 valence electrons. The summed E-state index contributed by atoms with van der Waals surface area (Å²) in [6, 6.07) is 46.0. The SMILES string of the molecule is C.C.C.CNC(=O)Cn1cc(-c2cnc3ccc(N(CCO)c4cc(OC)cc(OC)c4)cc3n2)cn1.COc1cc(OC)cc(N(CC(O)CO)c2ccc3ncc(-c4cnn(C)c4)nc3c2)c1.COc1cc(OC)cc(N(CC2CCN(C(=O)OC(C)(C)C)CC2)c2ccc3ncc(-c4cnn(C)c4)nc3c2)c1.COc1cc(OC)cc(N(CCO)c2ccc3ncc(-c4cnn(C5CCCCO5)c4)nc3c2)c1. The molecular formula is C107H130N22O16. The Bertz CT molecular complexity index is 6910. The maximum atomic E-state index is 12.6. The highest BCUT2D eigenvalue weighted by molar-refractivity contribution is 5.88. The molecule has 2 atom stereocenters. The number of ether oxygens (including phenoxy) is 10. The molecule has 38 heteroatoms. The number of anilines is 8. The third kappa shape index (κ3) is 27.3. The first-order valence-electron chi connectivity index (χ1n) is 46.3. The van der Waals surface area contributed by atoms with Crippen LogP contribution in [0.5, 0.6) is 46.0 Å². The molecule has 8 aromatic heterocycles. The van der Waals surface area contributed by atoms with Crippen molar-refractivity contribution in [1.29, 1.82) is 0 Å². The number of piperidine rings is 1. The van der Waals surface area contributed by atoms with Gasteiger partial charge in [0, 0.05) is 226 Å². The van der Waals surface area contributed by atoms with Crippen LogP contribution in [0.4, 0.5) is 50.3 Å². The van der Waals surface area contributed by atoms with E-state index in [1.807, 2.05) is 199 Å². The number of aliphatic hydroxyl groups excluding tert-OH is 4. The summed E-state index contributed by atoms with van der Waals surface area (Å²) in [6.45, 7) is 9.12. The first kappa shape index (κ1) is 108. The Kier molecular flexibility index (Phi) is 37.3. The lowest BCUT2D eigenvalue weighted by molar-refractivity contribution is -0.121. The van der Waals surface area contributed by atoms with Crippen LogP contribution in [-0.2, 0) is 34.9 Å². The monoisotopic (exact) mass is 1980 g/mol. The third-order valence-electron chi connectivity index (χ3n) is 23.8. The van der Waals surface area contributed by atoms with E-state index in [2.05, 4.69) is 62.7 Å². The number of benzene rings is 8. The summed E-state index contributed by atoms with van der Waals surface area (Å²) >= 11 is 0. The van der Waals surface area contributed by atoms with Gasteiger partial charge in [0.1, 0.15) is 64.4 Å². The molecule has 0 saturated carbocycles. The van der Waals surface area contributed by atoms with Gasteiger partial charge in [-0.25, -0.2) is 29.4 Å². The minimum atomic E-state index is -0.948. The van der Waals surface area contributed by atoms with Gasteiger partial charge in [0.2, 0.25) is 5.91 Å². The lowest BCUT2D eigenvalue weighted by Crippen LogP contribution is -2.43. The Hall–Kier alpha value is -15.9. The average molecular weight is 1980 g/mol. The highest BCUT2D eigenvalue weighted by Crippen LogP contribution is 2.42. The summed E-state index contributed by atoms with van der Waals surface area (Å²) in [5, 5.41) is 59.0. The van der Waals surface area contributed by atoms with Gasteiger partial charge in [-0.05, 0) is 132 Å². The molecule has 38 nitrogen and oxygen atoms in total. The number of amides is 2. The fourth-order valence-electron chi connectivity index (χ4n) is 16.4. The summed E-state index contributed by atoms with van der Waals surface area (Å²) < 4.78 is 62.0. The Labute approximate surface area is 843 Å².